The summed E-state index contributed by atoms with van der Waals surface area (Å²) in [5.74, 6) is -0.179. The van der Waals surface area contributed by atoms with Crippen LogP contribution in [0.4, 0.5) is 0 Å². The fourth-order valence-electron chi connectivity index (χ4n) is 0.891. The molecule has 7 heteroatoms. The fraction of sp³-hybridized carbons (Fsp3) is 0.250. The molecule has 0 aliphatic rings. The molecule has 3 nitrogen and oxygen atoms in total. The molecule has 0 aliphatic heterocycles. The molecule has 0 atom stereocenters. The molecule has 0 bridgehead atoms. The van der Waals surface area contributed by atoms with Gasteiger partial charge in [-0.05, 0) is 30.7 Å². The van der Waals surface area contributed by atoms with Gasteiger partial charge in [0.15, 0.2) is 11.5 Å². The molecule has 0 saturated heterocycles. The van der Waals surface area contributed by atoms with Gasteiger partial charge >= 0.3 is 0 Å². The van der Waals surface area contributed by atoms with E-state index in [4.69, 9.17) is 15.9 Å². The molecule has 1 aromatic rings. The van der Waals surface area contributed by atoms with Crippen molar-refractivity contribution in [2.75, 3.05) is 6.54 Å². The summed E-state index contributed by atoms with van der Waals surface area (Å²) in [6.07, 6.45) is 0.716. The second kappa shape index (κ2) is 12.0. The minimum atomic E-state index is -0.0919. The molecule has 0 unspecified atom stereocenters. The largest absolute Gasteiger partial charge is 0.504 e. The van der Waals surface area contributed by atoms with Crippen LogP contribution in [0.5, 0.6) is 11.5 Å². The van der Waals surface area contributed by atoms with Crippen molar-refractivity contribution in [1.82, 2.24) is 0 Å². The van der Waals surface area contributed by atoms with Crippen LogP contribution >= 0.6 is 49.6 Å². The van der Waals surface area contributed by atoms with E-state index in [1.54, 1.807) is 6.07 Å². The Morgan fingerprint density at radius 3 is 1.87 bits per heavy atom. The topological polar surface area (TPSA) is 66.5 Å². The molecule has 0 amide bonds. The van der Waals surface area contributed by atoms with Crippen molar-refractivity contribution >= 4 is 49.6 Å². The molecule has 1 aromatic carbocycles. The lowest BCUT2D eigenvalue weighted by Crippen LogP contribution is -2.02. The Bertz CT molecular complexity index is 260. The molecule has 0 radical (unpaired) electrons. The van der Waals surface area contributed by atoms with E-state index in [0.29, 0.717) is 13.0 Å². The van der Waals surface area contributed by atoms with Crippen LogP contribution in [0.3, 0.4) is 0 Å². The minimum Gasteiger partial charge on any atom is -0.504 e. The Balaban J connectivity index is -0.000000151. The molecule has 1 rings (SSSR count). The van der Waals surface area contributed by atoms with Gasteiger partial charge in [0, 0.05) is 0 Å². The van der Waals surface area contributed by atoms with Crippen molar-refractivity contribution < 1.29 is 10.2 Å². The normalized spacial score (nSPS) is 7.27. The van der Waals surface area contributed by atoms with Crippen LogP contribution in [0, 0.1) is 0 Å². The summed E-state index contributed by atoms with van der Waals surface area (Å²) in [6.45, 7) is 0.546. The predicted molar refractivity (Wildman–Crippen MR) is 71.5 cm³/mol. The lowest BCUT2D eigenvalue weighted by Gasteiger charge is -2.00. The Labute approximate surface area is 114 Å². The second-order valence-electron chi connectivity index (χ2n) is 2.36. The highest BCUT2D eigenvalue weighted by molar-refractivity contribution is 5.86. The zero-order valence-corrected chi connectivity index (χ0v) is 11.0. The van der Waals surface area contributed by atoms with Crippen molar-refractivity contribution in [3.05, 3.63) is 23.8 Å². The van der Waals surface area contributed by atoms with Gasteiger partial charge in [0.25, 0.3) is 0 Å². The van der Waals surface area contributed by atoms with E-state index in [-0.39, 0.29) is 61.1 Å². The first-order chi connectivity index (χ1) is 5.24. The van der Waals surface area contributed by atoms with Crippen molar-refractivity contribution in [3.63, 3.8) is 0 Å². The average Bonchev–Trinajstić information content (AvgIpc) is 1.98. The van der Waals surface area contributed by atoms with Crippen LogP contribution in [0.25, 0.3) is 0 Å². The van der Waals surface area contributed by atoms with Crippen LogP contribution in [-0.4, -0.2) is 16.8 Å². The summed E-state index contributed by atoms with van der Waals surface area (Å²) in [5.41, 5.74) is 6.24. The van der Waals surface area contributed by atoms with Gasteiger partial charge in [0.2, 0.25) is 0 Å². The number of phenolic OH excluding ortho intramolecular Hbond substituents is 2. The molecule has 92 valence electrons. The van der Waals surface area contributed by atoms with E-state index in [1.807, 2.05) is 0 Å². The number of benzene rings is 1. The van der Waals surface area contributed by atoms with E-state index in [1.165, 1.54) is 12.1 Å². The van der Waals surface area contributed by atoms with Crippen LogP contribution in [0.1, 0.15) is 5.56 Å². The molecule has 0 saturated carbocycles. The second-order valence-corrected chi connectivity index (χ2v) is 2.36. The first kappa shape index (κ1) is 24.3. The summed E-state index contributed by atoms with van der Waals surface area (Å²) < 4.78 is 0. The van der Waals surface area contributed by atoms with E-state index < -0.39 is 0 Å². The van der Waals surface area contributed by atoms with Crippen molar-refractivity contribution in [2.45, 2.75) is 6.42 Å². The van der Waals surface area contributed by atoms with Crippen LogP contribution in [-0.2, 0) is 6.42 Å². The average molecular weight is 299 g/mol. The fourth-order valence-corrected chi connectivity index (χ4v) is 0.891. The third kappa shape index (κ3) is 7.82. The maximum Gasteiger partial charge on any atom is 0.157 e. The number of rotatable bonds is 2. The van der Waals surface area contributed by atoms with Crippen LogP contribution in [0.2, 0.25) is 0 Å². The van der Waals surface area contributed by atoms with E-state index in [9.17, 15) is 0 Å². The molecule has 4 N–H and O–H groups in total. The first-order valence-corrected chi connectivity index (χ1v) is 3.45. The summed E-state index contributed by atoms with van der Waals surface area (Å²) in [5, 5.41) is 18.0. The SMILES string of the molecule is Cl.Cl.Cl.Cl.NCCc1ccc(O)c(O)c1. The predicted octanol–water partition coefficient (Wildman–Crippen LogP) is 2.29. The maximum absolute atomic E-state index is 9.04. The number of aromatic hydroxyl groups is 2. The molecule has 0 spiro atoms. The lowest BCUT2D eigenvalue weighted by atomic mass is 10.1. The van der Waals surface area contributed by atoms with Gasteiger partial charge in [-0.15, -0.1) is 49.6 Å². The summed E-state index contributed by atoms with van der Waals surface area (Å²) >= 11 is 0. The highest BCUT2D eigenvalue weighted by atomic mass is 35.5. The molecule has 0 fully saturated rings. The first-order valence-electron chi connectivity index (χ1n) is 3.45. The number of phenols is 2. The van der Waals surface area contributed by atoms with E-state index in [2.05, 4.69) is 0 Å². The Morgan fingerprint density at radius 1 is 0.933 bits per heavy atom. The highest BCUT2D eigenvalue weighted by Gasteiger charge is 1.98. The van der Waals surface area contributed by atoms with Crippen molar-refractivity contribution in [1.29, 1.82) is 0 Å². The van der Waals surface area contributed by atoms with Crippen LogP contribution in [0.15, 0.2) is 18.2 Å². The number of halogens is 4. The molecule has 0 aliphatic carbocycles. The quantitative estimate of drug-likeness (QED) is 0.734. The highest BCUT2D eigenvalue weighted by Crippen LogP contribution is 2.24. The van der Waals surface area contributed by atoms with Gasteiger partial charge < -0.3 is 15.9 Å². The zero-order valence-electron chi connectivity index (χ0n) is 7.75. The zero-order chi connectivity index (χ0) is 8.27. The van der Waals surface area contributed by atoms with Crippen molar-refractivity contribution in [3.8, 4) is 11.5 Å². The van der Waals surface area contributed by atoms with Gasteiger partial charge in [0.1, 0.15) is 0 Å². The molecule has 0 aromatic heterocycles. The number of hydrogen-bond acceptors (Lipinski definition) is 3. The molecule has 0 heterocycles. The third-order valence-corrected chi connectivity index (χ3v) is 1.47. The summed E-state index contributed by atoms with van der Waals surface area (Å²) in [4.78, 5) is 0. The molecule has 15 heavy (non-hydrogen) atoms. The van der Waals surface area contributed by atoms with Gasteiger partial charge in [-0.2, -0.15) is 0 Å². The van der Waals surface area contributed by atoms with Crippen molar-refractivity contribution in [2.24, 2.45) is 5.73 Å². The molecular formula is C8H15Cl4NO2. The summed E-state index contributed by atoms with van der Waals surface area (Å²) in [6, 6.07) is 4.71. The Hall–Kier alpha value is -0.0600. The van der Waals surface area contributed by atoms with E-state index in [0.717, 1.165) is 5.56 Å². The monoisotopic (exact) mass is 297 g/mol. The van der Waals surface area contributed by atoms with Gasteiger partial charge in [0.05, 0.1) is 0 Å². The van der Waals surface area contributed by atoms with E-state index >= 15 is 0 Å². The third-order valence-electron chi connectivity index (χ3n) is 1.47. The Morgan fingerprint density at radius 2 is 1.47 bits per heavy atom. The minimum absolute atomic E-state index is 0. The summed E-state index contributed by atoms with van der Waals surface area (Å²) in [7, 11) is 0. The lowest BCUT2D eigenvalue weighted by molar-refractivity contribution is 0.403. The number of nitrogens with two attached hydrogens (primary N) is 1. The maximum atomic E-state index is 9.04. The van der Waals surface area contributed by atoms with Gasteiger partial charge in [-0.1, -0.05) is 6.07 Å². The number of hydrogen-bond donors (Lipinski definition) is 3. The van der Waals surface area contributed by atoms with Crippen LogP contribution < -0.4 is 5.73 Å². The smallest absolute Gasteiger partial charge is 0.157 e. The molecular weight excluding hydrogens is 284 g/mol. The van der Waals surface area contributed by atoms with Gasteiger partial charge in [-0.3, -0.25) is 0 Å². The van der Waals surface area contributed by atoms with Gasteiger partial charge in [-0.25, -0.2) is 0 Å². The standard InChI is InChI=1S/C8H11NO2.4ClH/c9-4-3-6-1-2-7(10)8(11)5-6;;;;/h1-2,5,10-11H,3-4,9H2;4*1H. The Kier molecular flexibility index (Phi) is 19.4.